The van der Waals surface area contributed by atoms with Crippen LogP contribution in [0.25, 0.3) is 16.6 Å². The fourth-order valence-corrected chi connectivity index (χ4v) is 2.60. The molecule has 0 aliphatic heterocycles. The number of benzene rings is 1. The summed E-state index contributed by atoms with van der Waals surface area (Å²) < 4.78 is 6.98. The van der Waals surface area contributed by atoms with Crippen LogP contribution in [0.3, 0.4) is 0 Å². The third kappa shape index (κ3) is 3.02. The van der Waals surface area contributed by atoms with Crippen LogP contribution in [-0.4, -0.2) is 27.8 Å². The number of methoxy groups -OCH3 is 1. The van der Waals surface area contributed by atoms with E-state index in [-0.39, 0.29) is 12.3 Å². The van der Waals surface area contributed by atoms with E-state index in [1.165, 1.54) is 0 Å². The highest BCUT2D eigenvalue weighted by atomic mass is 35.5. The van der Waals surface area contributed by atoms with Crippen molar-refractivity contribution in [1.82, 2.24) is 14.8 Å². The van der Waals surface area contributed by atoms with Gasteiger partial charge in [0.05, 0.1) is 18.0 Å². The molecule has 1 amide bonds. The van der Waals surface area contributed by atoms with Gasteiger partial charge in [-0.25, -0.2) is 9.67 Å². The number of ether oxygens (including phenoxy) is 1. The molecular formula is C16H13Cl2N4O2. The maximum absolute atomic E-state index is 11.7. The lowest BCUT2D eigenvalue weighted by molar-refractivity contribution is -0.115. The summed E-state index contributed by atoms with van der Waals surface area (Å²) in [5.41, 5.74) is 1.28. The largest absolute Gasteiger partial charge is 0.494 e. The highest BCUT2D eigenvalue weighted by molar-refractivity contribution is 6.31. The van der Waals surface area contributed by atoms with E-state index >= 15 is 0 Å². The minimum atomic E-state index is -0.255. The first kappa shape index (κ1) is 16.5. The van der Waals surface area contributed by atoms with Crippen molar-refractivity contribution in [2.24, 2.45) is 0 Å². The molecule has 6 nitrogen and oxygen atoms in total. The number of carbonyl (C=O) groups is 1. The number of fused-ring (bicyclic) bond motifs is 1. The Labute approximate surface area is 148 Å². The third-order valence-electron chi connectivity index (χ3n) is 3.39. The highest BCUT2D eigenvalue weighted by Gasteiger charge is 2.17. The first-order valence-electron chi connectivity index (χ1n) is 7.00. The predicted octanol–water partition coefficient (Wildman–Crippen LogP) is 3.90. The summed E-state index contributed by atoms with van der Waals surface area (Å²) in [5.74, 6) is 0.686. The number of pyridine rings is 1. The number of hydrogen-bond donors (Lipinski definition) is 1. The number of rotatable bonds is 4. The monoisotopic (exact) mass is 363 g/mol. The highest BCUT2D eigenvalue weighted by Crippen LogP contribution is 2.32. The standard InChI is InChI=1S/C16H13Cl2N4O2/c1-3-15(23)20-16-10-8-19-14(18)7-11(10)22(21-16)12-6-9(17)4-5-13(12)24-2/h4-8H,1,3H2,2H3,(H,20,21,23). The van der Waals surface area contributed by atoms with Crippen molar-refractivity contribution in [3.63, 3.8) is 0 Å². The van der Waals surface area contributed by atoms with Crippen LogP contribution >= 0.6 is 23.2 Å². The summed E-state index contributed by atoms with van der Waals surface area (Å²) in [6, 6.07) is 6.83. The second-order valence-electron chi connectivity index (χ2n) is 4.90. The molecule has 8 heteroatoms. The normalized spacial score (nSPS) is 10.8. The van der Waals surface area contributed by atoms with Crippen molar-refractivity contribution >= 4 is 45.8 Å². The number of aromatic nitrogens is 3. The fraction of sp³-hybridized carbons (Fsp3) is 0.125. The summed E-state index contributed by atoms with van der Waals surface area (Å²) >= 11 is 12.1. The molecule has 0 unspecified atom stereocenters. The molecule has 123 valence electrons. The molecule has 0 spiro atoms. The Bertz CT molecular complexity index is 924. The van der Waals surface area contributed by atoms with Gasteiger partial charge in [0.2, 0.25) is 5.91 Å². The molecular weight excluding hydrogens is 351 g/mol. The van der Waals surface area contributed by atoms with Crippen LogP contribution in [0, 0.1) is 6.92 Å². The van der Waals surface area contributed by atoms with E-state index in [0.717, 1.165) is 0 Å². The number of nitrogens with zero attached hydrogens (tertiary/aromatic N) is 3. The van der Waals surface area contributed by atoms with Gasteiger partial charge in [-0.15, -0.1) is 5.10 Å². The summed E-state index contributed by atoms with van der Waals surface area (Å²) in [5, 5.41) is 8.64. The summed E-state index contributed by atoms with van der Waals surface area (Å²) in [6.07, 6.45) is 1.65. The van der Waals surface area contributed by atoms with Crippen molar-refractivity contribution in [1.29, 1.82) is 0 Å². The van der Waals surface area contributed by atoms with E-state index in [1.807, 2.05) is 0 Å². The number of amides is 1. The maximum Gasteiger partial charge on any atom is 0.225 e. The zero-order valence-corrected chi connectivity index (χ0v) is 14.2. The lowest BCUT2D eigenvalue weighted by atomic mass is 10.2. The third-order valence-corrected chi connectivity index (χ3v) is 3.83. The summed E-state index contributed by atoms with van der Waals surface area (Å²) in [6.45, 7) is 3.56. The molecule has 2 heterocycles. The second kappa shape index (κ2) is 6.67. The first-order chi connectivity index (χ1) is 11.5. The SMILES string of the molecule is [CH2]CC(=O)Nc1nn(-c2cc(Cl)ccc2OC)c2cc(Cl)ncc12. The average molecular weight is 364 g/mol. The topological polar surface area (TPSA) is 69.0 Å². The van der Waals surface area contributed by atoms with Gasteiger partial charge in [-0.2, -0.15) is 0 Å². The molecule has 24 heavy (non-hydrogen) atoms. The minimum Gasteiger partial charge on any atom is -0.494 e. The van der Waals surface area contributed by atoms with Crippen LogP contribution < -0.4 is 10.1 Å². The number of nitrogens with one attached hydrogen (secondary N) is 1. The van der Waals surface area contributed by atoms with Gasteiger partial charge in [0.15, 0.2) is 5.82 Å². The summed E-state index contributed by atoms with van der Waals surface area (Å²) in [7, 11) is 1.55. The van der Waals surface area contributed by atoms with E-state index in [0.29, 0.717) is 38.3 Å². The van der Waals surface area contributed by atoms with Crippen molar-refractivity contribution in [3.8, 4) is 11.4 Å². The second-order valence-corrected chi connectivity index (χ2v) is 5.72. The number of carbonyl (C=O) groups excluding carboxylic acids is 1. The van der Waals surface area contributed by atoms with Gasteiger partial charge in [0.1, 0.15) is 16.6 Å². The molecule has 3 aromatic rings. The molecule has 0 saturated carbocycles. The zero-order valence-electron chi connectivity index (χ0n) is 12.7. The van der Waals surface area contributed by atoms with Gasteiger partial charge in [-0.05, 0) is 25.1 Å². The lowest BCUT2D eigenvalue weighted by Gasteiger charge is -2.10. The molecule has 2 aromatic heterocycles. The molecule has 0 saturated heterocycles. The van der Waals surface area contributed by atoms with Crippen molar-refractivity contribution in [2.45, 2.75) is 6.42 Å². The maximum atomic E-state index is 11.7. The van der Waals surface area contributed by atoms with Crippen molar-refractivity contribution in [3.05, 3.63) is 47.6 Å². The smallest absolute Gasteiger partial charge is 0.225 e. The minimum absolute atomic E-state index is 0.0931. The molecule has 1 aromatic carbocycles. The Morgan fingerprint density at radius 3 is 2.88 bits per heavy atom. The van der Waals surface area contributed by atoms with Crippen molar-refractivity contribution < 1.29 is 9.53 Å². The molecule has 0 atom stereocenters. The summed E-state index contributed by atoms with van der Waals surface area (Å²) in [4.78, 5) is 15.8. The van der Waals surface area contributed by atoms with Crippen LogP contribution in [0.4, 0.5) is 5.82 Å². The molecule has 0 aliphatic carbocycles. The Morgan fingerprint density at radius 1 is 1.38 bits per heavy atom. The van der Waals surface area contributed by atoms with Gasteiger partial charge in [-0.3, -0.25) is 4.79 Å². The number of hydrogen-bond acceptors (Lipinski definition) is 4. The molecule has 0 aliphatic rings. The lowest BCUT2D eigenvalue weighted by Crippen LogP contribution is -2.10. The molecule has 1 N–H and O–H groups in total. The van der Waals surface area contributed by atoms with Gasteiger partial charge >= 0.3 is 0 Å². The first-order valence-corrected chi connectivity index (χ1v) is 7.76. The number of halogens is 2. The average Bonchev–Trinajstić information content (AvgIpc) is 2.92. The van der Waals surface area contributed by atoms with E-state index in [2.05, 4.69) is 22.3 Å². The molecule has 1 radical (unpaired) electrons. The Morgan fingerprint density at radius 2 is 2.17 bits per heavy atom. The molecule has 0 bridgehead atoms. The Kier molecular flexibility index (Phi) is 4.59. The number of anilines is 1. The van der Waals surface area contributed by atoms with Gasteiger partial charge in [0, 0.05) is 23.7 Å². The van der Waals surface area contributed by atoms with E-state index in [4.69, 9.17) is 27.9 Å². The Balaban J connectivity index is 2.26. The van der Waals surface area contributed by atoms with E-state index < -0.39 is 0 Å². The quantitative estimate of drug-likeness (QED) is 0.713. The van der Waals surface area contributed by atoms with Crippen molar-refractivity contribution in [2.75, 3.05) is 12.4 Å². The Hall–Kier alpha value is -2.31. The van der Waals surface area contributed by atoms with Crippen LogP contribution in [0.1, 0.15) is 6.42 Å². The van der Waals surface area contributed by atoms with E-state index in [9.17, 15) is 4.79 Å². The van der Waals surface area contributed by atoms with Gasteiger partial charge < -0.3 is 10.1 Å². The van der Waals surface area contributed by atoms with Crippen LogP contribution in [0.2, 0.25) is 10.2 Å². The van der Waals surface area contributed by atoms with Crippen LogP contribution in [0.15, 0.2) is 30.5 Å². The van der Waals surface area contributed by atoms with E-state index in [1.54, 1.807) is 42.3 Å². The zero-order chi connectivity index (χ0) is 17.3. The molecule has 0 fully saturated rings. The van der Waals surface area contributed by atoms with Crippen LogP contribution in [0.5, 0.6) is 5.75 Å². The van der Waals surface area contributed by atoms with Gasteiger partial charge in [-0.1, -0.05) is 23.2 Å². The predicted molar refractivity (Wildman–Crippen MR) is 94.0 cm³/mol. The molecule has 3 rings (SSSR count). The van der Waals surface area contributed by atoms with Gasteiger partial charge in [0.25, 0.3) is 0 Å². The fourth-order valence-electron chi connectivity index (χ4n) is 2.28. The van der Waals surface area contributed by atoms with Crippen LogP contribution in [-0.2, 0) is 4.79 Å².